The molecule has 1 heterocycles. The summed E-state index contributed by atoms with van der Waals surface area (Å²) in [6, 6.07) is 4.62. The fourth-order valence-corrected chi connectivity index (χ4v) is 1.91. The minimum absolute atomic E-state index is 0.302. The van der Waals surface area contributed by atoms with Crippen molar-refractivity contribution >= 4 is 16.9 Å². The molecule has 0 aliphatic heterocycles. The van der Waals surface area contributed by atoms with Crippen molar-refractivity contribution in [2.75, 3.05) is 13.2 Å². The number of rotatable bonds is 5. The molecule has 6 heteroatoms. The maximum absolute atomic E-state index is 11.6. The topological polar surface area (TPSA) is 88.6 Å². The lowest BCUT2D eigenvalue weighted by Crippen LogP contribution is -2.17. The summed E-state index contributed by atoms with van der Waals surface area (Å²) in [7, 11) is 0. The predicted octanol–water partition coefficient (Wildman–Crippen LogP) is 2.02. The Morgan fingerprint density at radius 3 is 2.30 bits per heavy atom. The van der Waals surface area contributed by atoms with Crippen LogP contribution in [0.2, 0.25) is 0 Å². The van der Waals surface area contributed by atoms with E-state index in [9.17, 15) is 9.59 Å². The summed E-state index contributed by atoms with van der Waals surface area (Å²) in [6.07, 6.45) is 0. The number of aromatic carboxylic acids is 1. The molecular formula is C14H15NO5. The number of benzene rings is 1. The van der Waals surface area contributed by atoms with Gasteiger partial charge in [0.15, 0.2) is 11.5 Å². The zero-order valence-electron chi connectivity index (χ0n) is 11.2. The number of carboxylic acids is 1. The van der Waals surface area contributed by atoms with E-state index in [0.717, 1.165) is 0 Å². The van der Waals surface area contributed by atoms with Crippen molar-refractivity contribution in [3.63, 3.8) is 0 Å². The number of hydrogen-bond acceptors (Lipinski definition) is 4. The quantitative estimate of drug-likeness (QED) is 0.872. The SMILES string of the molecule is CCOc1cc2cc(C(=O)O)c(=O)[nH]c2cc1OCC. The Morgan fingerprint density at radius 2 is 1.75 bits per heavy atom. The molecule has 0 saturated carbocycles. The van der Waals surface area contributed by atoms with Gasteiger partial charge in [-0.05, 0) is 26.0 Å². The van der Waals surface area contributed by atoms with Gasteiger partial charge in [0.2, 0.25) is 0 Å². The lowest BCUT2D eigenvalue weighted by Gasteiger charge is -2.12. The van der Waals surface area contributed by atoms with Gasteiger partial charge in [-0.1, -0.05) is 0 Å². The molecule has 0 aliphatic rings. The van der Waals surface area contributed by atoms with Crippen molar-refractivity contribution in [2.45, 2.75) is 13.8 Å². The van der Waals surface area contributed by atoms with Crippen LogP contribution in [0, 0.1) is 0 Å². The minimum Gasteiger partial charge on any atom is -0.490 e. The van der Waals surface area contributed by atoms with Crippen LogP contribution in [0.25, 0.3) is 10.9 Å². The number of carbonyl (C=O) groups is 1. The van der Waals surface area contributed by atoms with Gasteiger partial charge in [-0.3, -0.25) is 4.79 Å². The van der Waals surface area contributed by atoms with Gasteiger partial charge in [0.05, 0.1) is 18.7 Å². The molecule has 0 unspecified atom stereocenters. The first-order valence-corrected chi connectivity index (χ1v) is 6.26. The second kappa shape index (κ2) is 5.64. The summed E-state index contributed by atoms with van der Waals surface area (Å²) in [5.74, 6) is -0.231. The Hall–Kier alpha value is -2.50. The third kappa shape index (κ3) is 2.59. The highest BCUT2D eigenvalue weighted by Crippen LogP contribution is 2.31. The smallest absolute Gasteiger partial charge is 0.341 e. The predicted molar refractivity (Wildman–Crippen MR) is 73.9 cm³/mol. The molecule has 0 amide bonds. The van der Waals surface area contributed by atoms with E-state index in [-0.39, 0.29) is 5.56 Å². The summed E-state index contributed by atoms with van der Waals surface area (Å²) in [5, 5.41) is 9.54. The summed E-state index contributed by atoms with van der Waals surface area (Å²) in [6.45, 7) is 4.61. The van der Waals surface area contributed by atoms with Gasteiger partial charge >= 0.3 is 5.97 Å². The molecular weight excluding hydrogens is 262 g/mol. The Labute approximate surface area is 115 Å². The number of carboxylic acid groups (broad SMARTS) is 1. The molecule has 106 valence electrons. The zero-order valence-corrected chi connectivity index (χ0v) is 11.2. The monoisotopic (exact) mass is 277 g/mol. The van der Waals surface area contributed by atoms with E-state index in [1.807, 2.05) is 13.8 Å². The number of aromatic nitrogens is 1. The molecule has 0 radical (unpaired) electrons. The van der Waals surface area contributed by atoms with Gasteiger partial charge in [0.25, 0.3) is 5.56 Å². The van der Waals surface area contributed by atoms with Crippen molar-refractivity contribution in [3.05, 3.63) is 34.1 Å². The van der Waals surface area contributed by atoms with Crippen molar-refractivity contribution in [1.82, 2.24) is 4.98 Å². The fourth-order valence-electron chi connectivity index (χ4n) is 1.91. The van der Waals surface area contributed by atoms with Crippen LogP contribution in [0.5, 0.6) is 11.5 Å². The minimum atomic E-state index is -1.26. The van der Waals surface area contributed by atoms with Gasteiger partial charge in [-0.2, -0.15) is 0 Å². The van der Waals surface area contributed by atoms with Crippen LogP contribution in [0.3, 0.4) is 0 Å². The van der Waals surface area contributed by atoms with Gasteiger partial charge in [0.1, 0.15) is 5.56 Å². The second-order valence-electron chi connectivity index (χ2n) is 4.07. The summed E-state index contributed by atoms with van der Waals surface area (Å²) < 4.78 is 10.9. The van der Waals surface area contributed by atoms with Crippen molar-refractivity contribution in [1.29, 1.82) is 0 Å². The van der Waals surface area contributed by atoms with Crippen LogP contribution in [0.1, 0.15) is 24.2 Å². The highest BCUT2D eigenvalue weighted by Gasteiger charge is 2.13. The van der Waals surface area contributed by atoms with Crippen molar-refractivity contribution in [2.24, 2.45) is 0 Å². The fraction of sp³-hybridized carbons (Fsp3) is 0.286. The molecule has 2 aromatic rings. The highest BCUT2D eigenvalue weighted by atomic mass is 16.5. The number of hydrogen-bond donors (Lipinski definition) is 2. The number of H-pyrrole nitrogens is 1. The summed E-state index contributed by atoms with van der Waals surface area (Å²) in [4.78, 5) is 25.2. The van der Waals surface area contributed by atoms with Gasteiger partial charge in [-0.25, -0.2) is 4.79 Å². The molecule has 1 aromatic carbocycles. The Balaban J connectivity index is 2.67. The lowest BCUT2D eigenvalue weighted by molar-refractivity contribution is 0.0695. The molecule has 2 rings (SSSR count). The molecule has 0 saturated heterocycles. The maximum atomic E-state index is 11.6. The van der Waals surface area contributed by atoms with Crippen molar-refractivity contribution in [3.8, 4) is 11.5 Å². The first kappa shape index (κ1) is 13.9. The molecule has 20 heavy (non-hydrogen) atoms. The number of ether oxygens (including phenoxy) is 2. The molecule has 2 N–H and O–H groups in total. The molecule has 0 aliphatic carbocycles. The first-order valence-electron chi connectivity index (χ1n) is 6.26. The number of nitrogens with one attached hydrogen (secondary N) is 1. The van der Waals surface area contributed by atoms with Crippen LogP contribution >= 0.6 is 0 Å². The van der Waals surface area contributed by atoms with E-state index >= 15 is 0 Å². The highest BCUT2D eigenvalue weighted by molar-refractivity contribution is 5.93. The zero-order chi connectivity index (χ0) is 14.7. The molecule has 0 atom stereocenters. The van der Waals surface area contributed by atoms with E-state index in [0.29, 0.717) is 35.6 Å². The van der Waals surface area contributed by atoms with E-state index in [1.165, 1.54) is 6.07 Å². The van der Waals surface area contributed by atoms with Crippen LogP contribution in [0.4, 0.5) is 0 Å². The summed E-state index contributed by atoms with van der Waals surface area (Å²) in [5.41, 5.74) is -0.437. The molecule has 6 nitrogen and oxygen atoms in total. The third-order valence-corrected chi connectivity index (χ3v) is 2.74. The standard InChI is InChI=1S/C14H15NO5/c1-3-19-11-6-8-5-9(14(17)18)13(16)15-10(8)7-12(11)20-4-2/h5-7H,3-4H2,1-2H3,(H,15,16)(H,17,18). The van der Waals surface area contributed by atoms with E-state index in [2.05, 4.69) is 4.98 Å². The van der Waals surface area contributed by atoms with Gasteiger partial charge < -0.3 is 19.6 Å². The second-order valence-corrected chi connectivity index (χ2v) is 4.07. The average Bonchev–Trinajstić information content (AvgIpc) is 2.39. The third-order valence-electron chi connectivity index (χ3n) is 2.74. The van der Waals surface area contributed by atoms with Gasteiger partial charge in [-0.15, -0.1) is 0 Å². The van der Waals surface area contributed by atoms with Crippen LogP contribution in [-0.2, 0) is 0 Å². The first-order chi connectivity index (χ1) is 9.56. The van der Waals surface area contributed by atoms with Crippen LogP contribution in [-0.4, -0.2) is 29.3 Å². The lowest BCUT2D eigenvalue weighted by atomic mass is 10.1. The Bertz CT molecular complexity index is 705. The van der Waals surface area contributed by atoms with E-state index in [1.54, 1.807) is 12.1 Å². The Kier molecular flexibility index (Phi) is 3.93. The van der Waals surface area contributed by atoms with E-state index in [4.69, 9.17) is 14.6 Å². The molecule has 0 fully saturated rings. The molecule has 1 aromatic heterocycles. The molecule has 0 bridgehead atoms. The maximum Gasteiger partial charge on any atom is 0.341 e. The largest absolute Gasteiger partial charge is 0.490 e. The van der Waals surface area contributed by atoms with Crippen LogP contribution < -0.4 is 15.0 Å². The normalized spacial score (nSPS) is 10.5. The number of fused-ring (bicyclic) bond motifs is 1. The Morgan fingerprint density at radius 1 is 1.15 bits per heavy atom. The van der Waals surface area contributed by atoms with Crippen molar-refractivity contribution < 1.29 is 19.4 Å². The molecule has 0 spiro atoms. The van der Waals surface area contributed by atoms with Gasteiger partial charge in [0, 0.05) is 11.5 Å². The number of aromatic amines is 1. The van der Waals surface area contributed by atoms with Crippen LogP contribution in [0.15, 0.2) is 23.0 Å². The summed E-state index contributed by atoms with van der Waals surface area (Å²) >= 11 is 0. The number of pyridine rings is 1. The average molecular weight is 277 g/mol. The van der Waals surface area contributed by atoms with E-state index < -0.39 is 11.5 Å².